The topological polar surface area (TPSA) is 75.7 Å². The van der Waals surface area contributed by atoms with E-state index in [0.717, 1.165) is 21.7 Å². The van der Waals surface area contributed by atoms with E-state index in [9.17, 15) is 18.8 Å². The third-order valence-electron chi connectivity index (χ3n) is 5.35. The van der Waals surface area contributed by atoms with Crippen LogP contribution in [0.5, 0.6) is 5.75 Å². The fourth-order valence-corrected chi connectivity index (χ4v) is 3.59. The molecule has 7 heteroatoms. The number of nitrogens with one attached hydrogen (secondary N) is 1. The maximum absolute atomic E-state index is 13.4. The van der Waals surface area contributed by atoms with Gasteiger partial charge in [0.05, 0.1) is 13.7 Å². The summed E-state index contributed by atoms with van der Waals surface area (Å²) >= 11 is 0. The summed E-state index contributed by atoms with van der Waals surface area (Å²) in [5.74, 6) is -0.901. The van der Waals surface area contributed by atoms with Gasteiger partial charge < -0.3 is 10.1 Å². The molecule has 4 rings (SSSR count). The number of urea groups is 1. The van der Waals surface area contributed by atoms with Crippen molar-refractivity contribution in [3.63, 3.8) is 0 Å². The average molecular weight is 406 g/mol. The third kappa shape index (κ3) is 3.28. The molecule has 1 aliphatic heterocycles. The number of nitrogens with zero attached hydrogens (tertiary/aromatic N) is 1. The summed E-state index contributed by atoms with van der Waals surface area (Å²) in [7, 11) is 1.59. The molecule has 1 fully saturated rings. The molecule has 3 aromatic carbocycles. The Kier molecular flexibility index (Phi) is 4.73. The van der Waals surface area contributed by atoms with Gasteiger partial charge in [0.1, 0.15) is 17.1 Å². The van der Waals surface area contributed by atoms with Crippen LogP contribution in [0, 0.1) is 5.82 Å². The maximum Gasteiger partial charge on any atom is 0.325 e. The first kappa shape index (κ1) is 19.6. The SMILES string of the molecule is COc1ccc2cc([C@]3(C)NC(=O)N(CC(=O)c4cccc(F)c4)C3=O)ccc2c1. The van der Waals surface area contributed by atoms with Crippen LogP contribution in [0.2, 0.25) is 0 Å². The normalized spacial score (nSPS) is 18.6. The zero-order chi connectivity index (χ0) is 21.5. The van der Waals surface area contributed by atoms with E-state index in [1.807, 2.05) is 30.3 Å². The number of fused-ring (bicyclic) bond motifs is 1. The van der Waals surface area contributed by atoms with Crippen molar-refractivity contribution in [3.05, 3.63) is 77.6 Å². The van der Waals surface area contributed by atoms with Gasteiger partial charge in [0.25, 0.3) is 5.91 Å². The number of ketones is 1. The van der Waals surface area contributed by atoms with Crippen LogP contribution >= 0.6 is 0 Å². The Hall–Kier alpha value is -3.74. The van der Waals surface area contributed by atoms with E-state index in [4.69, 9.17) is 4.74 Å². The van der Waals surface area contributed by atoms with Crippen molar-refractivity contribution in [3.8, 4) is 5.75 Å². The number of amides is 3. The fourth-order valence-electron chi connectivity index (χ4n) is 3.59. The number of carbonyl (C=O) groups is 3. The predicted octanol–water partition coefficient (Wildman–Crippen LogP) is 3.64. The Balaban J connectivity index is 1.62. The predicted molar refractivity (Wildman–Crippen MR) is 109 cm³/mol. The summed E-state index contributed by atoms with van der Waals surface area (Å²) in [6, 6.07) is 15.5. The molecule has 152 valence electrons. The number of imide groups is 1. The van der Waals surface area contributed by atoms with Crippen LogP contribution < -0.4 is 10.1 Å². The Morgan fingerprint density at radius 2 is 1.80 bits per heavy atom. The number of Topliss-reactive ketones (excluding diaryl/α,β-unsaturated/α-hetero) is 1. The lowest BCUT2D eigenvalue weighted by Gasteiger charge is -2.22. The van der Waals surface area contributed by atoms with Gasteiger partial charge in [-0.15, -0.1) is 0 Å². The number of ether oxygens (including phenoxy) is 1. The van der Waals surface area contributed by atoms with Crippen LogP contribution in [0.1, 0.15) is 22.8 Å². The maximum atomic E-state index is 13.4. The van der Waals surface area contributed by atoms with Gasteiger partial charge in [0.15, 0.2) is 5.78 Å². The highest BCUT2D eigenvalue weighted by Gasteiger charge is 2.49. The van der Waals surface area contributed by atoms with Gasteiger partial charge in [0, 0.05) is 5.56 Å². The first-order chi connectivity index (χ1) is 14.3. The third-order valence-corrected chi connectivity index (χ3v) is 5.35. The number of halogens is 1. The molecule has 3 amide bonds. The zero-order valence-electron chi connectivity index (χ0n) is 16.4. The highest BCUT2D eigenvalue weighted by molar-refractivity contribution is 6.11. The second-order valence-electron chi connectivity index (χ2n) is 7.31. The number of carbonyl (C=O) groups excluding carboxylic acids is 3. The van der Waals surface area contributed by atoms with E-state index in [2.05, 4.69) is 5.32 Å². The molecule has 1 aliphatic rings. The number of methoxy groups -OCH3 is 1. The van der Waals surface area contributed by atoms with Gasteiger partial charge in [-0.1, -0.05) is 30.3 Å². The van der Waals surface area contributed by atoms with Crippen LogP contribution in [0.4, 0.5) is 9.18 Å². The number of hydrogen-bond acceptors (Lipinski definition) is 4. The Morgan fingerprint density at radius 3 is 2.53 bits per heavy atom. The molecule has 3 aromatic rings. The first-order valence-electron chi connectivity index (χ1n) is 9.33. The Morgan fingerprint density at radius 1 is 1.07 bits per heavy atom. The van der Waals surface area contributed by atoms with Crippen molar-refractivity contribution >= 4 is 28.5 Å². The molecule has 0 aliphatic carbocycles. The van der Waals surface area contributed by atoms with Crippen molar-refractivity contribution in [1.29, 1.82) is 0 Å². The molecule has 1 N–H and O–H groups in total. The number of hydrogen-bond donors (Lipinski definition) is 1. The summed E-state index contributed by atoms with van der Waals surface area (Å²) < 4.78 is 18.6. The second-order valence-corrected chi connectivity index (χ2v) is 7.31. The first-order valence-corrected chi connectivity index (χ1v) is 9.33. The molecular formula is C23H19FN2O4. The van der Waals surface area contributed by atoms with Crippen molar-refractivity contribution in [2.45, 2.75) is 12.5 Å². The molecule has 6 nitrogen and oxygen atoms in total. The average Bonchev–Trinajstić information content (AvgIpc) is 2.96. The molecule has 0 aromatic heterocycles. The number of rotatable bonds is 5. The van der Waals surface area contributed by atoms with Crippen molar-refractivity contribution in [1.82, 2.24) is 10.2 Å². The van der Waals surface area contributed by atoms with E-state index in [1.54, 1.807) is 20.1 Å². The highest BCUT2D eigenvalue weighted by atomic mass is 19.1. The summed E-state index contributed by atoms with van der Waals surface area (Å²) in [5.41, 5.74) is -0.615. The minimum atomic E-state index is -1.31. The molecule has 1 atom stereocenters. The largest absolute Gasteiger partial charge is 0.497 e. The lowest BCUT2D eigenvalue weighted by Crippen LogP contribution is -2.41. The van der Waals surface area contributed by atoms with Gasteiger partial charge in [-0.3, -0.25) is 14.5 Å². The second kappa shape index (κ2) is 7.26. The monoisotopic (exact) mass is 406 g/mol. The molecule has 0 spiro atoms. The summed E-state index contributed by atoms with van der Waals surface area (Å²) in [4.78, 5) is 39.0. The van der Waals surface area contributed by atoms with Crippen LogP contribution in [-0.4, -0.2) is 36.3 Å². The lowest BCUT2D eigenvalue weighted by atomic mass is 9.90. The van der Waals surface area contributed by atoms with Crippen LogP contribution in [-0.2, 0) is 10.3 Å². The van der Waals surface area contributed by atoms with E-state index in [0.29, 0.717) is 11.3 Å². The Bertz CT molecular complexity index is 1190. The van der Waals surface area contributed by atoms with Crippen molar-refractivity contribution < 1.29 is 23.5 Å². The smallest absolute Gasteiger partial charge is 0.325 e. The van der Waals surface area contributed by atoms with Crippen LogP contribution in [0.25, 0.3) is 10.8 Å². The molecule has 0 saturated carbocycles. The molecule has 0 bridgehead atoms. The van der Waals surface area contributed by atoms with E-state index in [1.165, 1.54) is 18.2 Å². The van der Waals surface area contributed by atoms with Gasteiger partial charge in [-0.25, -0.2) is 9.18 Å². The summed E-state index contributed by atoms with van der Waals surface area (Å²) in [6.07, 6.45) is 0. The van der Waals surface area contributed by atoms with Crippen LogP contribution in [0.3, 0.4) is 0 Å². The van der Waals surface area contributed by atoms with Crippen molar-refractivity contribution in [2.24, 2.45) is 0 Å². The summed E-state index contributed by atoms with van der Waals surface area (Å²) in [5, 5.41) is 4.50. The highest BCUT2D eigenvalue weighted by Crippen LogP contribution is 2.32. The van der Waals surface area contributed by atoms with Gasteiger partial charge in [-0.05, 0) is 53.6 Å². The van der Waals surface area contributed by atoms with E-state index < -0.39 is 35.6 Å². The molecule has 0 unspecified atom stereocenters. The number of benzene rings is 3. The van der Waals surface area contributed by atoms with Gasteiger partial charge >= 0.3 is 6.03 Å². The van der Waals surface area contributed by atoms with E-state index >= 15 is 0 Å². The molecule has 1 saturated heterocycles. The molecule has 1 heterocycles. The molecule has 0 radical (unpaired) electrons. The minimum absolute atomic E-state index is 0.101. The minimum Gasteiger partial charge on any atom is -0.497 e. The fraction of sp³-hybridized carbons (Fsp3) is 0.174. The quantitative estimate of drug-likeness (QED) is 0.519. The Labute approximate surface area is 172 Å². The van der Waals surface area contributed by atoms with Gasteiger partial charge in [0.2, 0.25) is 0 Å². The zero-order valence-corrected chi connectivity index (χ0v) is 16.4. The van der Waals surface area contributed by atoms with Gasteiger partial charge in [-0.2, -0.15) is 0 Å². The summed E-state index contributed by atoms with van der Waals surface area (Å²) in [6.45, 7) is 1.14. The standard InChI is InChI=1S/C23H19FN2O4/c1-23(17-8-6-15-12-19(30-2)9-7-14(15)10-17)21(28)26(22(29)25-23)13-20(27)16-4-3-5-18(24)11-16/h3-12H,13H2,1-2H3,(H,25,29)/t23-/m0/s1. The molecule has 30 heavy (non-hydrogen) atoms. The molecular weight excluding hydrogens is 387 g/mol. The van der Waals surface area contributed by atoms with Crippen LogP contribution in [0.15, 0.2) is 60.7 Å². The van der Waals surface area contributed by atoms with E-state index in [-0.39, 0.29) is 5.56 Å². The lowest BCUT2D eigenvalue weighted by molar-refractivity contribution is -0.130. The van der Waals surface area contributed by atoms with Crippen molar-refractivity contribution in [2.75, 3.05) is 13.7 Å².